The van der Waals surface area contributed by atoms with Crippen LogP contribution in [0.2, 0.25) is 6.04 Å². The van der Waals surface area contributed by atoms with Gasteiger partial charge < -0.3 is 18.2 Å². The summed E-state index contributed by atoms with van der Waals surface area (Å²) in [6, 6.07) is 0.840. The van der Waals surface area contributed by atoms with Gasteiger partial charge in [-0.2, -0.15) is 0 Å². The molecule has 0 N–H and O–H groups in total. The molecule has 21 heavy (non-hydrogen) atoms. The van der Waals surface area contributed by atoms with Crippen LogP contribution in [0.4, 0.5) is 0 Å². The molecular weight excluding hydrogens is 284 g/mol. The Morgan fingerprint density at radius 2 is 1.52 bits per heavy atom. The summed E-state index contributed by atoms with van der Waals surface area (Å²) in [5, 5.41) is 0. The van der Waals surface area contributed by atoms with Crippen molar-refractivity contribution >= 4 is 14.5 Å². The van der Waals surface area contributed by atoms with Crippen molar-refractivity contribution in [1.29, 1.82) is 0 Å². The average Bonchev–Trinajstić information content (AvgIpc) is 2.42. The van der Waals surface area contributed by atoms with E-state index < -0.39 is 8.80 Å². The molecule has 0 fully saturated rings. The van der Waals surface area contributed by atoms with E-state index in [-0.39, 0.29) is 0 Å². The fourth-order valence-corrected chi connectivity index (χ4v) is 4.62. The molecule has 0 amide bonds. The highest BCUT2D eigenvalue weighted by atomic mass is 28.4. The van der Waals surface area contributed by atoms with Gasteiger partial charge in [-0.15, -0.1) is 0 Å². The Balaban J connectivity index is 4.25. The number of hydrogen-bond donors (Lipinski definition) is 0. The van der Waals surface area contributed by atoms with E-state index in [0.717, 1.165) is 32.0 Å². The van der Waals surface area contributed by atoms with E-state index in [0.29, 0.717) is 19.8 Å². The number of hydrogen-bond acceptors (Lipinski definition) is 5. The second-order valence-corrected chi connectivity index (χ2v) is 7.99. The van der Waals surface area contributed by atoms with Crippen molar-refractivity contribution in [2.24, 2.45) is 4.99 Å². The summed E-state index contributed by atoms with van der Waals surface area (Å²) < 4.78 is 17.5. The Morgan fingerprint density at radius 3 is 1.95 bits per heavy atom. The molecule has 126 valence electrons. The van der Waals surface area contributed by atoms with E-state index >= 15 is 0 Å². The summed E-state index contributed by atoms with van der Waals surface area (Å²) in [7, 11) is 1.68. The molecule has 0 rings (SSSR count). The topological polar surface area (TPSA) is 43.3 Å². The van der Waals surface area contributed by atoms with Crippen molar-refractivity contribution in [3.63, 3.8) is 0 Å². The van der Waals surface area contributed by atoms with Gasteiger partial charge in [0.15, 0.2) is 0 Å². The zero-order valence-corrected chi connectivity index (χ0v) is 15.8. The van der Waals surface area contributed by atoms with Gasteiger partial charge in [0.1, 0.15) is 0 Å². The first kappa shape index (κ1) is 20.7. The molecule has 0 spiro atoms. The summed E-state index contributed by atoms with van der Waals surface area (Å²) in [4.78, 5) is 6.80. The molecule has 5 nitrogen and oxygen atoms in total. The summed E-state index contributed by atoms with van der Waals surface area (Å²) in [6.07, 6.45) is 1.98. The molecule has 0 heterocycles. The van der Waals surface area contributed by atoms with Gasteiger partial charge in [0.2, 0.25) is 0 Å². The minimum Gasteiger partial charge on any atom is -0.374 e. The van der Waals surface area contributed by atoms with Crippen molar-refractivity contribution in [3.05, 3.63) is 0 Å². The van der Waals surface area contributed by atoms with Gasteiger partial charge in [0, 0.05) is 44.7 Å². The van der Waals surface area contributed by atoms with Crippen LogP contribution < -0.4 is 0 Å². The summed E-state index contributed by atoms with van der Waals surface area (Å²) >= 11 is 0. The van der Waals surface area contributed by atoms with Gasteiger partial charge in [-0.25, -0.2) is 0 Å². The third-order valence-electron chi connectivity index (χ3n) is 3.04. The number of nitrogens with zero attached hydrogens (tertiary/aromatic N) is 2. The van der Waals surface area contributed by atoms with Gasteiger partial charge in [0.05, 0.1) is 0 Å². The van der Waals surface area contributed by atoms with Crippen LogP contribution in [0, 0.1) is 0 Å². The van der Waals surface area contributed by atoms with Gasteiger partial charge in [-0.3, -0.25) is 4.99 Å². The lowest BCUT2D eigenvalue weighted by Gasteiger charge is -2.28. The van der Waals surface area contributed by atoms with Crippen LogP contribution in [-0.4, -0.2) is 66.4 Å². The highest BCUT2D eigenvalue weighted by molar-refractivity contribution is 6.60. The van der Waals surface area contributed by atoms with Crippen LogP contribution in [-0.2, 0) is 13.3 Å². The number of aliphatic imine (C=N–C) groups is 1. The lowest BCUT2D eigenvalue weighted by atomic mass is 10.3. The van der Waals surface area contributed by atoms with Crippen LogP contribution in [0.15, 0.2) is 4.99 Å². The van der Waals surface area contributed by atoms with Gasteiger partial charge in [-0.05, 0) is 54.6 Å². The molecule has 0 radical (unpaired) electrons. The Morgan fingerprint density at radius 1 is 1.00 bits per heavy atom. The quantitative estimate of drug-likeness (QED) is 0.297. The summed E-state index contributed by atoms with van der Waals surface area (Å²) in [5.41, 5.74) is 1.21. The predicted molar refractivity (Wildman–Crippen MR) is 91.2 cm³/mol. The molecule has 0 aromatic rings. The highest BCUT2D eigenvalue weighted by Gasteiger charge is 2.39. The molecule has 0 aliphatic heterocycles. The molecule has 0 aromatic carbocycles. The minimum absolute atomic E-state index is 0.636. The Hall–Kier alpha value is -0.273. The second kappa shape index (κ2) is 12.3. The summed E-state index contributed by atoms with van der Waals surface area (Å²) in [6.45, 7) is 11.8. The highest BCUT2D eigenvalue weighted by Crippen LogP contribution is 2.18. The SMILES string of the molecule is CCO[Si](CCCN=C(C)CCN(C)C)(OCC)OCC. The van der Waals surface area contributed by atoms with E-state index in [2.05, 4.69) is 30.9 Å². The molecule has 0 atom stereocenters. The largest absolute Gasteiger partial charge is 0.500 e. The van der Waals surface area contributed by atoms with E-state index in [1.54, 1.807) is 0 Å². The maximum absolute atomic E-state index is 5.84. The molecule has 0 saturated carbocycles. The Bertz CT molecular complexity index is 269. The summed E-state index contributed by atoms with van der Waals surface area (Å²) in [5.74, 6) is 0. The van der Waals surface area contributed by atoms with E-state index in [1.807, 2.05) is 20.8 Å². The minimum atomic E-state index is -2.48. The third kappa shape index (κ3) is 10.1. The molecule has 6 heteroatoms. The van der Waals surface area contributed by atoms with E-state index in [1.165, 1.54) is 5.71 Å². The smallest absolute Gasteiger partial charge is 0.374 e. The fraction of sp³-hybridized carbons (Fsp3) is 0.933. The lowest BCUT2D eigenvalue weighted by Crippen LogP contribution is -2.46. The molecule has 0 aliphatic carbocycles. The molecule has 0 aliphatic rings. The third-order valence-corrected chi connectivity index (χ3v) is 6.19. The first-order chi connectivity index (χ1) is 9.99. The van der Waals surface area contributed by atoms with Crippen molar-refractivity contribution in [1.82, 2.24) is 4.90 Å². The van der Waals surface area contributed by atoms with Crippen LogP contribution in [0.25, 0.3) is 0 Å². The lowest BCUT2D eigenvalue weighted by molar-refractivity contribution is 0.0710. The second-order valence-electron chi connectivity index (χ2n) is 5.26. The zero-order valence-electron chi connectivity index (χ0n) is 14.8. The van der Waals surface area contributed by atoms with Gasteiger partial charge in [-0.1, -0.05) is 0 Å². The van der Waals surface area contributed by atoms with Crippen molar-refractivity contribution < 1.29 is 13.3 Å². The van der Waals surface area contributed by atoms with Crippen LogP contribution in [0.3, 0.4) is 0 Å². The Labute approximate surface area is 132 Å². The van der Waals surface area contributed by atoms with Crippen LogP contribution >= 0.6 is 0 Å². The first-order valence-corrected chi connectivity index (χ1v) is 9.99. The predicted octanol–water partition coefficient (Wildman–Crippen LogP) is 2.84. The average molecular weight is 319 g/mol. The van der Waals surface area contributed by atoms with Crippen molar-refractivity contribution in [2.45, 2.75) is 46.6 Å². The zero-order chi connectivity index (χ0) is 16.1. The van der Waals surface area contributed by atoms with E-state index in [4.69, 9.17) is 13.3 Å². The normalized spacial score (nSPS) is 13.2. The standard InChI is InChI=1S/C15H34N2O3Si/c1-7-18-21(19-8-2,20-9-3)14-10-12-16-15(4)11-13-17(5)6/h7-14H2,1-6H3. The van der Waals surface area contributed by atoms with Crippen LogP contribution in [0.5, 0.6) is 0 Å². The monoisotopic (exact) mass is 318 g/mol. The maximum atomic E-state index is 5.84. The number of rotatable bonds is 13. The van der Waals surface area contributed by atoms with Gasteiger partial charge >= 0.3 is 8.80 Å². The van der Waals surface area contributed by atoms with Crippen molar-refractivity contribution in [3.8, 4) is 0 Å². The molecule has 0 unspecified atom stereocenters. The molecule has 0 saturated heterocycles. The van der Waals surface area contributed by atoms with Crippen LogP contribution in [0.1, 0.15) is 40.5 Å². The molecule has 0 aromatic heterocycles. The fourth-order valence-electron chi connectivity index (χ4n) is 2.03. The molecular formula is C15H34N2O3Si. The van der Waals surface area contributed by atoms with E-state index in [9.17, 15) is 0 Å². The Kier molecular flexibility index (Phi) is 12.1. The molecule has 0 bridgehead atoms. The van der Waals surface area contributed by atoms with Crippen molar-refractivity contribution in [2.75, 3.05) is 47.0 Å². The maximum Gasteiger partial charge on any atom is 0.500 e. The first-order valence-electron chi connectivity index (χ1n) is 8.06. The van der Waals surface area contributed by atoms with Gasteiger partial charge in [0.25, 0.3) is 0 Å².